The zero-order valence-electron chi connectivity index (χ0n) is 11.5. The Morgan fingerprint density at radius 3 is 1.68 bits per heavy atom. The normalized spacial score (nSPS) is 19.2. The second-order valence-electron chi connectivity index (χ2n) is 4.88. The average Bonchev–Trinajstić information content (AvgIpc) is 2.43. The summed E-state index contributed by atoms with van der Waals surface area (Å²) in [5, 5.41) is 13.8. The van der Waals surface area contributed by atoms with Gasteiger partial charge < -0.3 is 21.3 Å². The third kappa shape index (κ3) is 5.89. The maximum Gasteiger partial charge on any atom is 0.0547 e. The maximum absolute atomic E-state index is 4.25. The van der Waals surface area contributed by atoms with Crippen LogP contribution in [0.2, 0.25) is 0 Å². The number of rotatable bonds is 0. The van der Waals surface area contributed by atoms with Crippen LogP contribution in [0, 0.1) is 0 Å². The summed E-state index contributed by atoms with van der Waals surface area (Å²) in [4.78, 5) is 4.25. The van der Waals surface area contributed by atoms with E-state index in [4.69, 9.17) is 0 Å². The predicted molar refractivity (Wildman–Crippen MR) is 80.8 cm³/mol. The summed E-state index contributed by atoms with van der Waals surface area (Å²) in [7, 11) is 0. The zero-order valence-corrected chi connectivity index (χ0v) is 11.5. The topological polar surface area (TPSA) is 61.0 Å². The SMILES string of the molecule is c1ncc2cc1NCCCNCCCNCCCN2. The molecule has 0 unspecified atom stereocenters. The van der Waals surface area contributed by atoms with Crippen molar-refractivity contribution in [2.75, 3.05) is 49.9 Å². The Morgan fingerprint density at radius 2 is 1.16 bits per heavy atom. The van der Waals surface area contributed by atoms with E-state index >= 15 is 0 Å². The molecule has 0 fully saturated rings. The van der Waals surface area contributed by atoms with Gasteiger partial charge in [-0.25, -0.2) is 0 Å². The van der Waals surface area contributed by atoms with Gasteiger partial charge in [0.15, 0.2) is 0 Å². The molecule has 19 heavy (non-hydrogen) atoms. The van der Waals surface area contributed by atoms with Crippen molar-refractivity contribution in [2.24, 2.45) is 0 Å². The van der Waals surface area contributed by atoms with Crippen LogP contribution in [0.1, 0.15) is 19.3 Å². The van der Waals surface area contributed by atoms with E-state index < -0.39 is 0 Å². The van der Waals surface area contributed by atoms with Crippen molar-refractivity contribution in [1.82, 2.24) is 15.6 Å². The highest BCUT2D eigenvalue weighted by molar-refractivity contribution is 5.53. The molecule has 1 aromatic rings. The molecule has 1 aromatic heterocycles. The monoisotopic (exact) mass is 263 g/mol. The third-order valence-corrected chi connectivity index (χ3v) is 3.16. The summed E-state index contributed by atoms with van der Waals surface area (Å²) in [6.07, 6.45) is 7.21. The lowest BCUT2D eigenvalue weighted by molar-refractivity contribution is 0.583. The highest BCUT2D eigenvalue weighted by Crippen LogP contribution is 2.12. The second kappa shape index (κ2) is 8.72. The molecule has 106 valence electrons. The van der Waals surface area contributed by atoms with Crippen molar-refractivity contribution < 1.29 is 0 Å². The van der Waals surface area contributed by atoms with E-state index in [1.165, 1.54) is 6.42 Å². The van der Waals surface area contributed by atoms with Crippen LogP contribution in [0.3, 0.4) is 0 Å². The van der Waals surface area contributed by atoms with Gasteiger partial charge in [-0.3, -0.25) is 4.98 Å². The molecule has 5 heteroatoms. The number of anilines is 2. The van der Waals surface area contributed by atoms with E-state index in [1.54, 1.807) is 0 Å². The van der Waals surface area contributed by atoms with Gasteiger partial charge in [-0.2, -0.15) is 0 Å². The molecule has 0 saturated carbocycles. The molecule has 4 N–H and O–H groups in total. The summed E-state index contributed by atoms with van der Waals surface area (Å²) in [5.41, 5.74) is 2.19. The molecule has 1 aliphatic heterocycles. The minimum atomic E-state index is 0.983. The molecule has 0 atom stereocenters. The minimum absolute atomic E-state index is 0.983. The van der Waals surface area contributed by atoms with E-state index in [1.807, 2.05) is 12.4 Å². The van der Waals surface area contributed by atoms with E-state index in [0.29, 0.717) is 0 Å². The van der Waals surface area contributed by atoms with Crippen LogP contribution in [0.4, 0.5) is 11.4 Å². The van der Waals surface area contributed by atoms with Crippen molar-refractivity contribution in [3.63, 3.8) is 0 Å². The van der Waals surface area contributed by atoms with E-state index in [9.17, 15) is 0 Å². The second-order valence-corrected chi connectivity index (χ2v) is 4.88. The standard InChI is InChI=1S/C14H25N5/c1-4-15-6-2-8-18-13-10-14(12-17-11-13)19-9-3-7-16-5-1/h10-12,15-16,18-19H,1-9H2. The van der Waals surface area contributed by atoms with Crippen molar-refractivity contribution in [2.45, 2.75) is 19.3 Å². The van der Waals surface area contributed by atoms with E-state index in [2.05, 4.69) is 32.3 Å². The molecule has 5 nitrogen and oxygen atoms in total. The molecular weight excluding hydrogens is 238 g/mol. The lowest BCUT2D eigenvalue weighted by Gasteiger charge is -2.11. The Morgan fingerprint density at radius 1 is 0.684 bits per heavy atom. The molecular formula is C14H25N5. The molecule has 0 saturated heterocycles. The summed E-state index contributed by atoms with van der Waals surface area (Å²) in [6.45, 7) is 6.30. The van der Waals surface area contributed by atoms with Gasteiger partial charge in [0, 0.05) is 13.1 Å². The minimum Gasteiger partial charge on any atom is -0.384 e. The van der Waals surface area contributed by atoms with Gasteiger partial charge in [0.2, 0.25) is 0 Å². The Kier molecular flexibility index (Phi) is 6.46. The molecule has 1 aliphatic rings. The highest BCUT2D eigenvalue weighted by Gasteiger charge is 1.97. The Balaban J connectivity index is 1.84. The van der Waals surface area contributed by atoms with Crippen molar-refractivity contribution in [1.29, 1.82) is 0 Å². The first kappa shape index (κ1) is 14.1. The first-order chi connectivity index (χ1) is 9.45. The number of pyridine rings is 1. The van der Waals surface area contributed by atoms with Crippen molar-refractivity contribution in [3.8, 4) is 0 Å². The van der Waals surface area contributed by atoms with Gasteiger partial charge in [-0.1, -0.05) is 0 Å². The quantitative estimate of drug-likeness (QED) is 0.568. The summed E-state index contributed by atoms with van der Waals surface area (Å²) < 4.78 is 0. The van der Waals surface area contributed by atoms with Crippen molar-refractivity contribution >= 4 is 11.4 Å². The lowest BCUT2D eigenvalue weighted by atomic mass is 10.3. The number of hydrogen-bond donors (Lipinski definition) is 4. The Labute approximate surface area is 115 Å². The maximum atomic E-state index is 4.25. The van der Waals surface area contributed by atoms with Gasteiger partial charge in [0.1, 0.15) is 0 Å². The predicted octanol–water partition coefficient (Wildman–Crippen LogP) is 1.27. The van der Waals surface area contributed by atoms with Gasteiger partial charge in [-0.05, 0) is 51.5 Å². The number of fused-ring (bicyclic) bond motifs is 2. The van der Waals surface area contributed by atoms with Crippen LogP contribution < -0.4 is 21.3 Å². The first-order valence-electron chi connectivity index (χ1n) is 7.29. The van der Waals surface area contributed by atoms with Crippen LogP contribution >= 0.6 is 0 Å². The van der Waals surface area contributed by atoms with Crippen LogP contribution in [0.25, 0.3) is 0 Å². The lowest BCUT2D eigenvalue weighted by Crippen LogP contribution is -2.25. The first-order valence-corrected chi connectivity index (χ1v) is 7.29. The van der Waals surface area contributed by atoms with Crippen LogP contribution in [-0.2, 0) is 0 Å². The van der Waals surface area contributed by atoms with Gasteiger partial charge in [0.25, 0.3) is 0 Å². The number of hydrogen-bond acceptors (Lipinski definition) is 5. The van der Waals surface area contributed by atoms with E-state index in [0.717, 1.165) is 63.5 Å². The fourth-order valence-electron chi connectivity index (χ4n) is 2.11. The molecule has 0 aromatic carbocycles. The smallest absolute Gasteiger partial charge is 0.0547 e. The fourth-order valence-corrected chi connectivity index (χ4v) is 2.11. The Hall–Kier alpha value is -1.33. The van der Waals surface area contributed by atoms with Gasteiger partial charge in [0.05, 0.1) is 23.8 Å². The number of nitrogens with zero attached hydrogens (tertiary/aromatic N) is 1. The molecule has 0 amide bonds. The largest absolute Gasteiger partial charge is 0.384 e. The summed E-state index contributed by atoms with van der Waals surface area (Å²) in [6, 6.07) is 2.12. The summed E-state index contributed by atoms with van der Waals surface area (Å²) >= 11 is 0. The number of nitrogens with one attached hydrogen (secondary N) is 4. The van der Waals surface area contributed by atoms with Crippen molar-refractivity contribution in [3.05, 3.63) is 18.5 Å². The van der Waals surface area contributed by atoms with Gasteiger partial charge >= 0.3 is 0 Å². The third-order valence-electron chi connectivity index (χ3n) is 3.16. The van der Waals surface area contributed by atoms with Crippen LogP contribution in [0.5, 0.6) is 0 Å². The van der Waals surface area contributed by atoms with Gasteiger partial charge in [-0.15, -0.1) is 0 Å². The number of aromatic nitrogens is 1. The van der Waals surface area contributed by atoms with Crippen LogP contribution in [-0.4, -0.2) is 44.3 Å². The molecule has 2 rings (SSSR count). The molecule has 2 heterocycles. The average molecular weight is 263 g/mol. The fraction of sp³-hybridized carbons (Fsp3) is 0.643. The van der Waals surface area contributed by atoms with E-state index in [-0.39, 0.29) is 0 Å². The molecule has 2 bridgehead atoms. The molecule has 0 radical (unpaired) electrons. The Bertz CT molecular complexity index is 326. The van der Waals surface area contributed by atoms with Crippen LogP contribution in [0.15, 0.2) is 18.5 Å². The zero-order chi connectivity index (χ0) is 13.2. The molecule has 0 aliphatic carbocycles. The highest BCUT2D eigenvalue weighted by atomic mass is 14.9. The summed E-state index contributed by atoms with van der Waals surface area (Å²) in [5.74, 6) is 0. The molecule has 0 spiro atoms.